The molecule has 6 aromatic carbocycles. The van der Waals surface area contributed by atoms with E-state index in [-0.39, 0.29) is 84.3 Å². The predicted octanol–water partition coefficient (Wildman–Crippen LogP) is 11.5. The Balaban J connectivity index is 0.000000153. The number of azo groups is 3. The highest BCUT2D eigenvalue weighted by molar-refractivity contribution is 9.11. The summed E-state index contributed by atoms with van der Waals surface area (Å²) in [7, 11) is 5.99. The summed E-state index contributed by atoms with van der Waals surface area (Å²) in [6, 6.07) is 27.1. The Bertz CT molecular complexity index is 4990. The third kappa shape index (κ3) is 20.2. The molecular weight excluding hydrogens is 1600 g/mol. The number of nitrogens with zero attached hydrogens (tertiary/aromatic N) is 10. The number of likely N-dealkylation sites (tertiary alicyclic amines) is 1. The number of aromatic amines is 3. The first-order valence-corrected chi connectivity index (χ1v) is 38.4. The number of nitrogens with one attached hydrogen (secondary N) is 6. The smallest absolute Gasteiger partial charge is 0.269 e. The Labute approximate surface area is 652 Å². The number of carbonyl (C=O) groups is 6. The number of hydrogen-bond donors (Lipinski definition) is 10. The monoisotopic (exact) mass is 1680 g/mol. The number of hydrogen-bond acceptors (Lipinski definition) is 20. The van der Waals surface area contributed by atoms with E-state index >= 15 is 0 Å². The molecule has 0 unspecified atom stereocenters. The van der Waals surface area contributed by atoms with Crippen LogP contribution in [0, 0.1) is 0 Å². The number of aliphatic hydroxyl groups is 1. The summed E-state index contributed by atoms with van der Waals surface area (Å²) in [5.41, 5.74) is 8.92. The van der Waals surface area contributed by atoms with Gasteiger partial charge in [0.15, 0.2) is 17.1 Å². The van der Waals surface area contributed by atoms with Gasteiger partial charge in [-0.3, -0.25) is 33.7 Å². The quantitative estimate of drug-likeness (QED) is 0.0198. The van der Waals surface area contributed by atoms with Crippen LogP contribution in [0.1, 0.15) is 90.1 Å². The molecule has 29 nitrogen and oxygen atoms in total. The zero-order chi connectivity index (χ0) is 76.8. The van der Waals surface area contributed by atoms with Gasteiger partial charge in [-0.1, -0.05) is 36.4 Å². The van der Waals surface area contributed by atoms with Gasteiger partial charge in [0.05, 0.1) is 62.2 Å². The molecule has 0 aliphatic carbocycles. The lowest BCUT2D eigenvalue weighted by Gasteiger charge is -2.32. The van der Waals surface area contributed by atoms with E-state index in [1.807, 2.05) is 73.6 Å². The second kappa shape index (κ2) is 36.6. The highest BCUT2D eigenvalue weighted by Crippen LogP contribution is 2.44. The summed E-state index contributed by atoms with van der Waals surface area (Å²) >= 11 is 10.4. The van der Waals surface area contributed by atoms with Crippen molar-refractivity contribution in [2.45, 2.75) is 70.3 Å². The van der Waals surface area contributed by atoms with Crippen LogP contribution < -0.4 is 30.2 Å². The molecule has 9 aromatic rings. The molecule has 8 heterocycles. The maximum Gasteiger partial charge on any atom is 0.269 e. The minimum Gasteiger partial charge on any atom is -0.493 e. The molecule has 5 aliphatic heterocycles. The first-order valence-electron chi connectivity index (χ1n) is 36.1. The van der Waals surface area contributed by atoms with Gasteiger partial charge < -0.3 is 80.2 Å². The van der Waals surface area contributed by atoms with Gasteiger partial charge in [0.2, 0.25) is 17.6 Å². The molecule has 3 aromatic heterocycles. The number of aromatic hydroxyl groups is 3. The van der Waals surface area contributed by atoms with Crippen LogP contribution in [0.25, 0.3) is 32.7 Å². The van der Waals surface area contributed by atoms with Crippen LogP contribution >= 0.6 is 47.8 Å². The number of aliphatic hydroxyl groups excluding tert-OH is 1. The lowest BCUT2D eigenvalue weighted by atomic mass is 10.1. The number of piperazine rings is 1. The third-order valence-electron chi connectivity index (χ3n) is 19.3. The fourth-order valence-corrected chi connectivity index (χ4v) is 15.5. The van der Waals surface area contributed by atoms with E-state index in [9.17, 15) is 49.2 Å². The average Bonchev–Trinajstić information content (AvgIpc) is 1.65. The lowest BCUT2D eigenvalue weighted by molar-refractivity contribution is -0.118. The van der Waals surface area contributed by atoms with Crippen molar-refractivity contribution in [2.24, 2.45) is 30.7 Å². The van der Waals surface area contributed by atoms with Crippen molar-refractivity contribution in [2.75, 3.05) is 120 Å². The molecule has 0 saturated carbocycles. The molecule has 0 bridgehead atoms. The van der Waals surface area contributed by atoms with Crippen LogP contribution in [0.3, 0.4) is 0 Å². The minimum atomic E-state index is -0.441. The van der Waals surface area contributed by atoms with Crippen molar-refractivity contribution < 1.29 is 63.4 Å². The summed E-state index contributed by atoms with van der Waals surface area (Å²) in [5.74, 6) is -0.108. The third-order valence-corrected chi connectivity index (χ3v) is 21.2. The molecule has 14 rings (SSSR count). The maximum atomic E-state index is 12.8. The number of amides is 6. The minimum absolute atomic E-state index is 0.0871. The van der Waals surface area contributed by atoms with Gasteiger partial charge >= 0.3 is 0 Å². The van der Waals surface area contributed by atoms with Crippen molar-refractivity contribution in [3.63, 3.8) is 0 Å². The second-order valence-corrected chi connectivity index (χ2v) is 30.0. The molecule has 32 heteroatoms. The van der Waals surface area contributed by atoms with E-state index in [0.717, 1.165) is 148 Å². The topological polar surface area (TPSA) is 382 Å². The molecule has 6 amide bonds. The second-order valence-electron chi connectivity index (χ2n) is 27.5. The average molecular weight is 1680 g/mol. The van der Waals surface area contributed by atoms with Crippen LogP contribution in [0.5, 0.6) is 34.9 Å². The van der Waals surface area contributed by atoms with E-state index < -0.39 is 17.7 Å². The zero-order valence-electron chi connectivity index (χ0n) is 60.5. The molecule has 0 radical (unpaired) electrons. The van der Waals surface area contributed by atoms with Gasteiger partial charge in [-0.05, 0) is 196 Å². The predicted molar refractivity (Wildman–Crippen MR) is 420 cm³/mol. The fraction of sp³-hybridized carbons (Fsp3) is 0.377. The molecule has 1 atom stereocenters. The number of carbonyl (C=O) groups excluding carboxylic acids is 6. The number of benzene rings is 6. The van der Waals surface area contributed by atoms with Gasteiger partial charge in [-0.25, -0.2) is 0 Å². The Morgan fingerprint density at radius 1 is 0.514 bits per heavy atom. The largest absolute Gasteiger partial charge is 0.493 e. The number of rotatable bonds is 24. The molecule has 2 fully saturated rings. The standard InChI is InChI=1S/C27H31BrN6O4.C27H30BrN5O5.C23H24BrN5O4/c1-33-8-10-34(11-9-33)7-2-6-29-26(36)19-15-20(28)24-21(16-19)30-27(37)25(24)32-31-23(35)14-17-3-4-22-18(13-17)5-12-38-22;28-20-13-18(26(36)29-7-2-9-33-8-1-3-19(33)15-34)14-21-24(20)25(27(37)30-21)32-31-23(35)12-16-4-5-22-17(11-16)6-10-38-22;1-29(2)7-6-25-22(31)15-11-16(24)20-17(12-15)26-23(32)21(20)28-27-19(30)10-13-3-4-18-14(9-13)5-8-33-18/h3-4,13,15-16,30,37H,2,5-12,14H2,1H3,(H,29,36);4-5,11,13-14,19,30,34,37H,1-3,6-10,12,15H2,(H,29,36);3-4,9,11-12,26,32H,5-8,10H2,1-2H3,(H,25,31)/t;19-;/m.1./s1. The summed E-state index contributed by atoms with van der Waals surface area (Å²) in [6.07, 6.45) is 6.52. The molecule has 2 saturated heterocycles. The van der Waals surface area contributed by atoms with Crippen LogP contribution in [0.4, 0.5) is 17.1 Å². The van der Waals surface area contributed by atoms with E-state index in [1.165, 1.54) is 0 Å². The number of ether oxygens (including phenoxy) is 3. The highest BCUT2D eigenvalue weighted by atomic mass is 79.9. The van der Waals surface area contributed by atoms with E-state index in [1.54, 1.807) is 36.4 Å². The van der Waals surface area contributed by atoms with Gasteiger partial charge in [-0.15, -0.1) is 30.7 Å². The van der Waals surface area contributed by atoms with Gasteiger partial charge in [0.25, 0.3) is 35.4 Å². The number of halogens is 3. The molecule has 10 N–H and O–H groups in total. The molecule has 5 aliphatic rings. The van der Waals surface area contributed by atoms with Crippen molar-refractivity contribution >= 4 is 133 Å². The first-order chi connectivity index (χ1) is 52.6. The maximum absolute atomic E-state index is 12.8. The van der Waals surface area contributed by atoms with Gasteiger partial charge in [0.1, 0.15) is 17.2 Å². The van der Waals surface area contributed by atoms with E-state index in [4.69, 9.17) is 14.2 Å². The van der Waals surface area contributed by atoms with Crippen molar-refractivity contribution in [3.8, 4) is 34.9 Å². The fourth-order valence-electron chi connectivity index (χ4n) is 13.6. The summed E-state index contributed by atoms with van der Waals surface area (Å²) in [4.78, 5) is 92.7. The Hall–Kier alpha value is -9.80. The normalized spacial score (nSPS) is 15.6. The summed E-state index contributed by atoms with van der Waals surface area (Å²) in [5, 5.41) is 74.5. The van der Waals surface area contributed by atoms with Crippen molar-refractivity contribution in [3.05, 3.63) is 154 Å². The Kier molecular flexibility index (Phi) is 26.5. The number of fused-ring (bicyclic) bond motifs is 6. The molecule has 0 spiro atoms. The Morgan fingerprint density at radius 2 is 0.890 bits per heavy atom. The van der Waals surface area contributed by atoms with Crippen LogP contribution in [-0.2, 0) is 52.9 Å². The highest BCUT2D eigenvalue weighted by Gasteiger charge is 2.26. The SMILES string of the molecule is CN(C)CCNC(=O)c1cc(Br)c2c(N=NC(=O)Cc3ccc4c(c3)CCO4)c(O)[nH]c2c1.CN1CCN(CCCNC(=O)c2cc(Br)c3c(N=NC(=O)Cc4ccc5c(c4)CCO5)c(O)[nH]c3c2)CC1.O=C(Cc1ccc2c(c1)CCO2)N=Nc1c(O)[nH]c2cc(C(=O)NCCCN3CCC[C@@H]3CO)cc(Br)c12. The number of aromatic nitrogens is 3. The van der Waals surface area contributed by atoms with Crippen molar-refractivity contribution in [1.82, 2.24) is 50.5 Å². The van der Waals surface area contributed by atoms with E-state index in [2.05, 4.69) is 131 Å². The Morgan fingerprint density at radius 3 is 1.27 bits per heavy atom. The number of likely N-dealkylation sites (N-methyl/N-ethyl adjacent to an activating group) is 2. The molecule has 572 valence electrons. The summed E-state index contributed by atoms with van der Waals surface area (Å²) in [6.45, 7) is 11.5. The van der Waals surface area contributed by atoms with Crippen molar-refractivity contribution in [1.29, 1.82) is 0 Å². The molecular formula is C77H85Br3N16O13. The lowest BCUT2D eigenvalue weighted by Crippen LogP contribution is -2.45. The van der Waals surface area contributed by atoms with Crippen LogP contribution in [-0.4, -0.2) is 216 Å². The molecule has 109 heavy (non-hydrogen) atoms. The summed E-state index contributed by atoms with van der Waals surface area (Å²) < 4.78 is 18.1. The van der Waals surface area contributed by atoms with Gasteiger partial charge in [-0.2, -0.15) is 0 Å². The van der Waals surface area contributed by atoms with Crippen LogP contribution in [0.2, 0.25) is 0 Å². The zero-order valence-corrected chi connectivity index (χ0v) is 65.2. The van der Waals surface area contributed by atoms with Crippen LogP contribution in [0.15, 0.2) is 135 Å². The van der Waals surface area contributed by atoms with E-state index in [0.29, 0.717) is 102 Å². The number of H-pyrrole nitrogens is 3. The first kappa shape index (κ1) is 78.8. The van der Waals surface area contributed by atoms with Gasteiger partial charge in [0, 0.05) is 130 Å².